The van der Waals surface area contributed by atoms with Gasteiger partial charge >= 0.3 is 0 Å². The fourth-order valence-electron chi connectivity index (χ4n) is 2.91. The van der Waals surface area contributed by atoms with Crippen molar-refractivity contribution >= 4 is 30.2 Å². The number of carbonyl (C=O) groups is 1. The van der Waals surface area contributed by atoms with Crippen molar-refractivity contribution in [3.8, 4) is 0 Å². The molecule has 114 valence electrons. The van der Waals surface area contributed by atoms with Crippen molar-refractivity contribution in [2.45, 2.75) is 17.7 Å². The molecule has 21 heavy (non-hydrogen) atoms. The van der Waals surface area contributed by atoms with E-state index in [0.717, 1.165) is 5.57 Å². The molecule has 3 unspecified atom stereocenters. The van der Waals surface area contributed by atoms with Gasteiger partial charge in [0.05, 0.1) is 18.1 Å². The molecule has 3 aliphatic heterocycles. The zero-order chi connectivity index (χ0) is 15.0. The van der Waals surface area contributed by atoms with Gasteiger partial charge in [-0.05, 0) is 6.26 Å². The molecular formula is C13H18N4O3S. The molecule has 0 aromatic rings. The Morgan fingerprint density at radius 1 is 1.62 bits per heavy atom. The third-order valence-corrected chi connectivity index (χ3v) is 4.75. The first-order chi connectivity index (χ1) is 10.0. The number of β-amino-alcohol motifs (C(OH)–C–C–N with tert-alkyl or cyclic N) is 2. The molecule has 1 fully saturated rings. The first-order valence-electron chi connectivity index (χ1n) is 6.74. The number of rotatable bonds is 4. The number of nitrogens with zero attached hydrogens (tertiary/aromatic N) is 3. The van der Waals surface area contributed by atoms with Gasteiger partial charge in [0, 0.05) is 37.2 Å². The van der Waals surface area contributed by atoms with Crippen LogP contribution in [0.2, 0.25) is 0 Å². The molecule has 0 aromatic heterocycles. The molecule has 3 atom stereocenters. The highest BCUT2D eigenvalue weighted by Crippen LogP contribution is 2.28. The highest BCUT2D eigenvalue weighted by molar-refractivity contribution is 7.98. The van der Waals surface area contributed by atoms with Crippen molar-refractivity contribution in [2.75, 3.05) is 31.6 Å². The second-order valence-corrected chi connectivity index (χ2v) is 6.45. The highest BCUT2D eigenvalue weighted by Gasteiger charge is 2.44. The number of hydrogen-bond donors (Lipinski definition) is 3. The Bertz CT molecular complexity index is 548. The van der Waals surface area contributed by atoms with Crippen LogP contribution in [0.4, 0.5) is 0 Å². The van der Waals surface area contributed by atoms with Gasteiger partial charge in [0.25, 0.3) is 5.91 Å². The number of hydrogen-bond acceptors (Lipinski definition) is 7. The average molecular weight is 310 g/mol. The second kappa shape index (κ2) is 5.53. The summed E-state index contributed by atoms with van der Waals surface area (Å²) in [6.45, 7) is 1.33. The maximum Gasteiger partial charge on any atom is 0.256 e. The van der Waals surface area contributed by atoms with Gasteiger partial charge in [-0.25, -0.2) is 4.99 Å². The van der Waals surface area contributed by atoms with Gasteiger partial charge < -0.3 is 15.5 Å². The lowest BCUT2D eigenvalue weighted by Gasteiger charge is -2.25. The van der Waals surface area contributed by atoms with E-state index >= 15 is 0 Å². The zero-order valence-corrected chi connectivity index (χ0v) is 12.5. The zero-order valence-electron chi connectivity index (χ0n) is 11.7. The Morgan fingerprint density at radius 3 is 3.19 bits per heavy atom. The molecule has 8 heteroatoms. The van der Waals surface area contributed by atoms with E-state index in [2.05, 4.69) is 15.3 Å². The Balaban J connectivity index is 1.72. The third kappa shape index (κ3) is 2.64. The summed E-state index contributed by atoms with van der Waals surface area (Å²) in [6, 6.07) is -0.553. The van der Waals surface area contributed by atoms with E-state index in [0.29, 0.717) is 31.1 Å². The number of aliphatic hydroxyl groups is 2. The highest BCUT2D eigenvalue weighted by atomic mass is 32.2. The number of fused-ring (bicyclic) bond motifs is 1. The van der Waals surface area contributed by atoms with E-state index in [1.54, 1.807) is 6.21 Å². The van der Waals surface area contributed by atoms with Crippen LogP contribution in [0, 0.1) is 0 Å². The summed E-state index contributed by atoms with van der Waals surface area (Å²) in [5.41, 5.74) is 0.452. The van der Waals surface area contributed by atoms with Gasteiger partial charge in [-0.15, -0.1) is 0 Å². The molecule has 0 aliphatic carbocycles. The fraction of sp³-hybridized carbons (Fsp3) is 0.615. The predicted molar refractivity (Wildman–Crippen MR) is 81.7 cm³/mol. The van der Waals surface area contributed by atoms with Gasteiger partial charge in [0.1, 0.15) is 5.60 Å². The summed E-state index contributed by atoms with van der Waals surface area (Å²) in [5.74, 6) is 0.319. The quantitative estimate of drug-likeness (QED) is 0.595. The van der Waals surface area contributed by atoms with Crippen molar-refractivity contribution in [1.29, 1.82) is 0 Å². The van der Waals surface area contributed by atoms with Crippen molar-refractivity contribution in [3.05, 3.63) is 11.3 Å². The van der Waals surface area contributed by atoms with Crippen molar-refractivity contribution in [3.63, 3.8) is 0 Å². The van der Waals surface area contributed by atoms with Gasteiger partial charge in [-0.1, -0.05) is 0 Å². The van der Waals surface area contributed by atoms with Crippen LogP contribution in [0.1, 0.15) is 0 Å². The number of nitrogens with one attached hydrogen (secondary N) is 1. The summed E-state index contributed by atoms with van der Waals surface area (Å²) in [6.07, 6.45) is 4.19. The maximum absolute atomic E-state index is 11.7. The lowest BCUT2D eigenvalue weighted by atomic mass is 10.0. The minimum absolute atomic E-state index is 0.174. The minimum atomic E-state index is -1.08. The summed E-state index contributed by atoms with van der Waals surface area (Å²) >= 11 is 1.51. The van der Waals surface area contributed by atoms with Crippen LogP contribution < -0.4 is 5.32 Å². The van der Waals surface area contributed by atoms with Gasteiger partial charge in [0.2, 0.25) is 0 Å². The smallest absolute Gasteiger partial charge is 0.256 e. The summed E-state index contributed by atoms with van der Waals surface area (Å²) in [4.78, 5) is 22.0. The van der Waals surface area contributed by atoms with Crippen LogP contribution in [0.25, 0.3) is 0 Å². The molecule has 0 radical (unpaired) electrons. The monoisotopic (exact) mass is 310 g/mol. The van der Waals surface area contributed by atoms with E-state index < -0.39 is 17.7 Å². The van der Waals surface area contributed by atoms with E-state index in [1.807, 2.05) is 11.2 Å². The van der Waals surface area contributed by atoms with Crippen LogP contribution in [-0.2, 0) is 4.79 Å². The molecular weight excluding hydrogens is 292 g/mol. The summed E-state index contributed by atoms with van der Waals surface area (Å²) in [7, 11) is 0. The number of amides is 1. The standard InChI is InChI=1S/C13H18N4O3S/c1-21-6-13(20)5-17(4-9(13)18)3-8-2-14-11-10(8)15-7-16-12(11)19/h2,7,9,11,18,20H,3-6H2,1H3,(H,15,16,19). The predicted octanol–water partition coefficient (Wildman–Crippen LogP) is -1.38. The third-order valence-electron chi connectivity index (χ3n) is 3.96. The van der Waals surface area contributed by atoms with Gasteiger partial charge in [-0.3, -0.25) is 14.7 Å². The largest absolute Gasteiger partial charge is 0.389 e. The van der Waals surface area contributed by atoms with E-state index in [9.17, 15) is 15.0 Å². The minimum Gasteiger partial charge on any atom is -0.389 e. The maximum atomic E-state index is 11.7. The van der Waals surface area contributed by atoms with Crippen LogP contribution in [0.3, 0.4) is 0 Å². The van der Waals surface area contributed by atoms with Gasteiger partial charge in [-0.2, -0.15) is 11.8 Å². The Morgan fingerprint density at radius 2 is 2.43 bits per heavy atom. The van der Waals surface area contributed by atoms with Crippen LogP contribution in [0.15, 0.2) is 21.3 Å². The Kier molecular flexibility index (Phi) is 3.87. The molecule has 3 heterocycles. The van der Waals surface area contributed by atoms with Crippen LogP contribution >= 0.6 is 11.8 Å². The molecule has 3 N–H and O–H groups in total. The Labute approximate surface area is 126 Å². The van der Waals surface area contributed by atoms with Gasteiger partial charge in [0.15, 0.2) is 6.04 Å². The molecule has 0 bridgehead atoms. The molecule has 0 aromatic carbocycles. The molecule has 0 spiro atoms. The number of carbonyl (C=O) groups excluding carboxylic acids is 1. The Hall–Kier alpha value is -1.22. The first-order valence-corrected chi connectivity index (χ1v) is 8.14. The van der Waals surface area contributed by atoms with E-state index in [4.69, 9.17) is 0 Å². The van der Waals surface area contributed by atoms with E-state index in [1.165, 1.54) is 18.1 Å². The number of aliphatic hydroxyl groups excluding tert-OH is 1. The lowest BCUT2D eigenvalue weighted by molar-refractivity contribution is -0.120. The normalized spacial score (nSPS) is 35.5. The summed E-state index contributed by atoms with van der Waals surface area (Å²) in [5, 5.41) is 23.0. The SMILES string of the molecule is CSCC1(O)CN(CC2=C3N=CNC(=O)C3N=C2)CC1O. The van der Waals surface area contributed by atoms with Crippen molar-refractivity contribution < 1.29 is 15.0 Å². The van der Waals surface area contributed by atoms with Crippen molar-refractivity contribution in [2.24, 2.45) is 9.98 Å². The molecule has 1 saturated heterocycles. The molecule has 3 aliphatic rings. The molecule has 7 nitrogen and oxygen atoms in total. The molecule has 0 saturated carbocycles. The van der Waals surface area contributed by atoms with Crippen molar-refractivity contribution in [1.82, 2.24) is 10.2 Å². The first kappa shape index (κ1) is 14.7. The fourth-order valence-corrected chi connectivity index (χ4v) is 3.70. The number of aliphatic imine (C=N–C) groups is 2. The topological polar surface area (TPSA) is 97.5 Å². The number of likely N-dealkylation sites (tertiary alicyclic amines) is 1. The van der Waals surface area contributed by atoms with Crippen LogP contribution in [0.5, 0.6) is 0 Å². The number of thioether (sulfide) groups is 1. The molecule has 3 rings (SSSR count). The van der Waals surface area contributed by atoms with E-state index in [-0.39, 0.29) is 5.91 Å². The summed E-state index contributed by atoms with van der Waals surface area (Å²) < 4.78 is 0. The molecule has 1 amide bonds. The lowest BCUT2D eigenvalue weighted by Crippen LogP contribution is -2.44. The second-order valence-electron chi connectivity index (χ2n) is 5.58. The van der Waals surface area contributed by atoms with Crippen LogP contribution in [-0.4, -0.2) is 83.0 Å². The average Bonchev–Trinajstić information content (AvgIpc) is 2.94.